The van der Waals surface area contributed by atoms with Crippen molar-refractivity contribution in [1.29, 1.82) is 0 Å². The van der Waals surface area contributed by atoms with Crippen LogP contribution in [-0.2, 0) is 4.79 Å². The van der Waals surface area contributed by atoms with Gasteiger partial charge >= 0.3 is 5.97 Å². The number of nitrogens with two attached hydrogens (primary N) is 1. The van der Waals surface area contributed by atoms with Gasteiger partial charge in [-0.3, -0.25) is 9.59 Å². The maximum Gasteiger partial charge on any atom is 0.323 e. The summed E-state index contributed by atoms with van der Waals surface area (Å²) in [4.78, 5) is 24.2. The van der Waals surface area contributed by atoms with Crippen LogP contribution in [0.25, 0.3) is 0 Å². The highest BCUT2D eigenvalue weighted by molar-refractivity contribution is 9.10. The minimum atomic E-state index is -0.967. The Bertz CT molecular complexity index is 509. The summed E-state index contributed by atoms with van der Waals surface area (Å²) in [6.07, 6.45) is 0. The van der Waals surface area contributed by atoms with Gasteiger partial charge in [-0.15, -0.1) is 0 Å². The van der Waals surface area contributed by atoms with Crippen molar-refractivity contribution in [3.8, 4) is 0 Å². The van der Waals surface area contributed by atoms with Crippen LogP contribution in [0.15, 0.2) is 22.7 Å². The van der Waals surface area contributed by atoms with E-state index in [9.17, 15) is 9.59 Å². The molecule has 0 aliphatic carbocycles. The van der Waals surface area contributed by atoms with Crippen LogP contribution in [0, 0.1) is 0 Å². The van der Waals surface area contributed by atoms with Gasteiger partial charge in [0, 0.05) is 10.0 Å². The summed E-state index contributed by atoms with van der Waals surface area (Å²) in [6, 6.07) is 5.14. The minimum Gasteiger partial charge on any atom is -0.480 e. The Morgan fingerprint density at radius 2 is 1.95 bits per heavy atom. The molecule has 0 radical (unpaired) electrons. The number of anilines is 1. The smallest absolute Gasteiger partial charge is 0.323 e. The highest BCUT2D eigenvalue weighted by Gasteiger charge is 2.27. The van der Waals surface area contributed by atoms with E-state index >= 15 is 0 Å². The average Bonchev–Trinajstić information content (AvgIpc) is 2.23. The number of hydrogen-bond donors (Lipinski definition) is 2. The Hall–Kier alpha value is -1.56. The van der Waals surface area contributed by atoms with Gasteiger partial charge in [-0.2, -0.15) is 0 Å². The number of carboxylic acid groups (broad SMARTS) is 1. The van der Waals surface area contributed by atoms with Gasteiger partial charge in [0.1, 0.15) is 6.54 Å². The molecule has 0 heterocycles. The zero-order chi connectivity index (χ0) is 14.8. The summed E-state index contributed by atoms with van der Waals surface area (Å²) < 4.78 is 0.553. The first-order valence-electron chi connectivity index (χ1n) is 5.72. The SMILES string of the molecule is CC(C)(C)N(CC(=O)O)c1cccc(Br)c1C(N)=O. The fourth-order valence-electron chi connectivity index (χ4n) is 1.80. The molecule has 19 heavy (non-hydrogen) atoms. The van der Waals surface area contributed by atoms with E-state index < -0.39 is 17.4 Å². The van der Waals surface area contributed by atoms with Crippen molar-refractivity contribution in [3.05, 3.63) is 28.2 Å². The molecule has 6 heteroatoms. The van der Waals surface area contributed by atoms with Gasteiger partial charge in [-0.05, 0) is 48.8 Å². The highest BCUT2D eigenvalue weighted by atomic mass is 79.9. The molecule has 104 valence electrons. The molecule has 1 aromatic rings. The van der Waals surface area contributed by atoms with Gasteiger partial charge in [-0.25, -0.2) is 0 Å². The molecule has 0 unspecified atom stereocenters. The number of amides is 1. The van der Waals surface area contributed by atoms with Gasteiger partial charge in [0.05, 0.1) is 11.3 Å². The van der Waals surface area contributed by atoms with Gasteiger partial charge < -0.3 is 15.7 Å². The van der Waals surface area contributed by atoms with Crippen LogP contribution in [0.5, 0.6) is 0 Å². The normalized spacial score (nSPS) is 11.2. The number of aliphatic carboxylic acids is 1. The molecule has 0 spiro atoms. The first-order chi connectivity index (χ1) is 8.64. The first-order valence-corrected chi connectivity index (χ1v) is 6.51. The first kappa shape index (κ1) is 15.5. The van der Waals surface area contributed by atoms with Crippen LogP contribution in [0.3, 0.4) is 0 Å². The lowest BCUT2D eigenvalue weighted by Crippen LogP contribution is -2.45. The van der Waals surface area contributed by atoms with Crippen LogP contribution in [0.1, 0.15) is 31.1 Å². The van der Waals surface area contributed by atoms with Crippen LogP contribution in [0.4, 0.5) is 5.69 Å². The molecular weight excluding hydrogens is 312 g/mol. The lowest BCUT2D eigenvalue weighted by atomic mass is 10.0. The molecule has 0 saturated carbocycles. The van der Waals surface area contributed by atoms with E-state index in [2.05, 4.69) is 15.9 Å². The van der Waals surface area contributed by atoms with Gasteiger partial charge in [0.2, 0.25) is 0 Å². The van der Waals surface area contributed by atoms with Crippen molar-refractivity contribution in [2.75, 3.05) is 11.4 Å². The number of rotatable bonds is 4. The molecule has 5 nitrogen and oxygen atoms in total. The monoisotopic (exact) mass is 328 g/mol. The molecule has 1 amide bonds. The summed E-state index contributed by atoms with van der Waals surface area (Å²) in [6.45, 7) is 5.42. The van der Waals surface area contributed by atoms with E-state index in [1.807, 2.05) is 20.8 Å². The number of carboxylic acids is 1. The predicted octanol–water partition coefficient (Wildman–Crippen LogP) is 2.24. The highest BCUT2D eigenvalue weighted by Crippen LogP contribution is 2.31. The second-order valence-electron chi connectivity index (χ2n) is 5.15. The fraction of sp³-hybridized carbons (Fsp3) is 0.385. The lowest BCUT2D eigenvalue weighted by molar-refractivity contribution is -0.135. The maximum absolute atomic E-state index is 11.6. The van der Waals surface area contributed by atoms with Crippen LogP contribution in [0.2, 0.25) is 0 Å². The molecule has 0 fully saturated rings. The predicted molar refractivity (Wildman–Crippen MR) is 77.4 cm³/mol. The van der Waals surface area contributed by atoms with Gasteiger partial charge in [0.15, 0.2) is 0 Å². The number of hydrogen-bond acceptors (Lipinski definition) is 3. The Kier molecular flexibility index (Phi) is 4.57. The van der Waals surface area contributed by atoms with Crippen LogP contribution >= 0.6 is 15.9 Å². The number of primary amides is 1. The van der Waals surface area contributed by atoms with E-state index in [-0.39, 0.29) is 6.54 Å². The van der Waals surface area contributed by atoms with Crippen molar-refractivity contribution in [1.82, 2.24) is 0 Å². The Morgan fingerprint density at radius 1 is 1.37 bits per heavy atom. The molecule has 1 rings (SSSR count). The number of halogens is 1. The second kappa shape index (κ2) is 5.61. The Labute approximate surface area is 120 Å². The van der Waals surface area contributed by atoms with E-state index in [1.165, 1.54) is 0 Å². The summed E-state index contributed by atoms with van der Waals surface area (Å²) in [5.41, 5.74) is 5.73. The van der Waals surface area contributed by atoms with Crippen molar-refractivity contribution in [2.45, 2.75) is 26.3 Å². The van der Waals surface area contributed by atoms with Crippen molar-refractivity contribution in [2.24, 2.45) is 5.73 Å². The summed E-state index contributed by atoms with van der Waals surface area (Å²) in [5.74, 6) is -1.56. The molecule has 0 aliphatic heterocycles. The molecule has 0 bridgehead atoms. The van der Waals surface area contributed by atoms with Crippen LogP contribution in [-0.4, -0.2) is 29.1 Å². The molecule has 1 aromatic carbocycles. The van der Waals surface area contributed by atoms with Crippen molar-refractivity contribution >= 4 is 33.5 Å². The standard InChI is InChI=1S/C13H17BrN2O3/c1-13(2,3)16(7-10(17)18)9-6-4-5-8(14)11(9)12(15)19/h4-6H,7H2,1-3H3,(H2,15,19)(H,17,18). The third kappa shape index (κ3) is 3.70. The molecule has 0 aliphatic rings. The summed E-state index contributed by atoms with van der Waals surface area (Å²) in [7, 11) is 0. The Morgan fingerprint density at radius 3 is 2.37 bits per heavy atom. The lowest BCUT2D eigenvalue weighted by Gasteiger charge is -2.37. The van der Waals surface area contributed by atoms with E-state index in [0.717, 1.165) is 0 Å². The average molecular weight is 329 g/mol. The van der Waals surface area contributed by atoms with E-state index in [1.54, 1.807) is 23.1 Å². The minimum absolute atomic E-state index is 0.208. The zero-order valence-electron chi connectivity index (χ0n) is 11.1. The molecule has 0 saturated heterocycles. The van der Waals surface area contributed by atoms with E-state index in [0.29, 0.717) is 15.7 Å². The quantitative estimate of drug-likeness (QED) is 0.887. The summed E-state index contributed by atoms with van der Waals surface area (Å²) >= 11 is 3.27. The largest absolute Gasteiger partial charge is 0.480 e. The number of carbonyl (C=O) groups is 2. The van der Waals surface area contributed by atoms with Gasteiger partial charge in [0.25, 0.3) is 5.91 Å². The van der Waals surface area contributed by atoms with Gasteiger partial charge in [-0.1, -0.05) is 6.07 Å². The summed E-state index contributed by atoms with van der Waals surface area (Å²) in [5, 5.41) is 9.04. The third-order valence-corrected chi connectivity index (χ3v) is 3.29. The number of nitrogens with zero attached hydrogens (tertiary/aromatic N) is 1. The topological polar surface area (TPSA) is 83.6 Å². The molecule has 0 atom stereocenters. The molecule has 3 N–H and O–H groups in total. The van der Waals surface area contributed by atoms with E-state index in [4.69, 9.17) is 10.8 Å². The fourth-order valence-corrected chi connectivity index (χ4v) is 2.35. The number of carbonyl (C=O) groups excluding carboxylic acids is 1. The van der Waals surface area contributed by atoms with Crippen molar-refractivity contribution < 1.29 is 14.7 Å². The molecule has 0 aromatic heterocycles. The number of benzene rings is 1. The molecular formula is C13H17BrN2O3. The maximum atomic E-state index is 11.6. The zero-order valence-corrected chi connectivity index (χ0v) is 12.7. The second-order valence-corrected chi connectivity index (χ2v) is 6.00. The Balaban J connectivity index is 3.42. The van der Waals surface area contributed by atoms with Crippen LogP contribution < -0.4 is 10.6 Å². The van der Waals surface area contributed by atoms with Crippen molar-refractivity contribution in [3.63, 3.8) is 0 Å². The third-order valence-electron chi connectivity index (χ3n) is 2.63.